The molecule has 1 aliphatic heterocycles. The van der Waals surface area contributed by atoms with Crippen molar-refractivity contribution in [2.24, 2.45) is 0 Å². The van der Waals surface area contributed by atoms with Gasteiger partial charge in [0, 0.05) is 24.7 Å². The average Bonchev–Trinajstić information content (AvgIpc) is 2.90. The van der Waals surface area contributed by atoms with Crippen molar-refractivity contribution in [2.45, 2.75) is 12.8 Å². The van der Waals surface area contributed by atoms with Crippen LogP contribution in [0.4, 0.5) is 10.2 Å². The smallest absolute Gasteiger partial charge is 0.330 e. The van der Waals surface area contributed by atoms with Crippen LogP contribution >= 0.6 is 0 Å². The average molecular weight is 250 g/mol. The van der Waals surface area contributed by atoms with Crippen LogP contribution in [0, 0.1) is 5.95 Å². The van der Waals surface area contributed by atoms with Crippen LogP contribution in [-0.4, -0.2) is 31.2 Å². The molecule has 0 bridgehead atoms. The van der Waals surface area contributed by atoms with Gasteiger partial charge in [0.2, 0.25) is 5.95 Å². The summed E-state index contributed by atoms with van der Waals surface area (Å²) in [5, 5.41) is 0. The molecule has 1 aliphatic rings. The monoisotopic (exact) mass is 250 g/mol. The number of halogens is 1. The number of anilines is 1. The van der Waals surface area contributed by atoms with E-state index in [1.54, 1.807) is 12.1 Å². The topological polar surface area (TPSA) is 42.4 Å². The van der Waals surface area contributed by atoms with Gasteiger partial charge in [-0.1, -0.05) is 0 Å². The van der Waals surface area contributed by atoms with Crippen LogP contribution in [0.3, 0.4) is 0 Å². The van der Waals surface area contributed by atoms with E-state index in [9.17, 15) is 9.18 Å². The first-order valence-electron chi connectivity index (χ1n) is 5.88. The summed E-state index contributed by atoms with van der Waals surface area (Å²) in [7, 11) is 1.28. The molecule has 18 heavy (non-hydrogen) atoms. The zero-order valence-corrected chi connectivity index (χ0v) is 10.2. The molecule has 0 saturated carbocycles. The lowest BCUT2D eigenvalue weighted by atomic mass is 10.2. The summed E-state index contributed by atoms with van der Waals surface area (Å²) in [5.74, 6) is -0.433. The van der Waals surface area contributed by atoms with E-state index in [1.807, 2.05) is 0 Å². The fraction of sp³-hybridized carbons (Fsp3) is 0.385. The molecule has 96 valence electrons. The van der Waals surface area contributed by atoms with Gasteiger partial charge in [0.15, 0.2) is 0 Å². The lowest BCUT2D eigenvalue weighted by Crippen LogP contribution is -2.19. The van der Waals surface area contributed by atoms with Crippen molar-refractivity contribution in [2.75, 3.05) is 25.1 Å². The van der Waals surface area contributed by atoms with E-state index in [2.05, 4.69) is 14.6 Å². The summed E-state index contributed by atoms with van der Waals surface area (Å²) in [5.41, 5.74) is 0.281. The fourth-order valence-corrected chi connectivity index (χ4v) is 1.91. The van der Waals surface area contributed by atoms with Crippen molar-refractivity contribution in [1.29, 1.82) is 0 Å². The van der Waals surface area contributed by atoms with E-state index in [0.717, 1.165) is 25.9 Å². The molecule has 1 saturated heterocycles. The Morgan fingerprint density at radius 3 is 2.78 bits per heavy atom. The highest BCUT2D eigenvalue weighted by molar-refractivity contribution is 5.86. The second-order valence-corrected chi connectivity index (χ2v) is 4.10. The van der Waals surface area contributed by atoms with E-state index in [4.69, 9.17) is 0 Å². The summed E-state index contributed by atoms with van der Waals surface area (Å²) < 4.78 is 18.2. The SMILES string of the molecule is COC(=O)C=Cc1ccc(N2CCCC2)nc1F. The molecule has 5 heteroatoms. The van der Waals surface area contributed by atoms with Crippen molar-refractivity contribution in [3.05, 3.63) is 29.7 Å². The summed E-state index contributed by atoms with van der Waals surface area (Å²) in [4.78, 5) is 16.9. The molecule has 4 nitrogen and oxygen atoms in total. The van der Waals surface area contributed by atoms with E-state index in [1.165, 1.54) is 19.3 Å². The molecule has 0 spiro atoms. The van der Waals surface area contributed by atoms with Crippen molar-refractivity contribution in [1.82, 2.24) is 4.98 Å². The molecular formula is C13H15FN2O2. The second kappa shape index (κ2) is 5.62. The Morgan fingerprint density at radius 1 is 1.44 bits per heavy atom. The number of pyridine rings is 1. The zero-order valence-electron chi connectivity index (χ0n) is 10.2. The van der Waals surface area contributed by atoms with Crippen molar-refractivity contribution in [3.8, 4) is 0 Å². The maximum Gasteiger partial charge on any atom is 0.330 e. The molecule has 0 aliphatic carbocycles. The van der Waals surface area contributed by atoms with Gasteiger partial charge in [-0.15, -0.1) is 0 Å². The number of carbonyl (C=O) groups excluding carboxylic acids is 1. The lowest BCUT2D eigenvalue weighted by molar-refractivity contribution is -0.134. The molecule has 0 N–H and O–H groups in total. The van der Waals surface area contributed by atoms with E-state index >= 15 is 0 Å². The molecule has 2 heterocycles. The molecule has 1 aromatic rings. The van der Waals surface area contributed by atoms with Crippen LogP contribution in [0.1, 0.15) is 18.4 Å². The van der Waals surface area contributed by atoms with Gasteiger partial charge in [-0.3, -0.25) is 0 Å². The lowest BCUT2D eigenvalue weighted by Gasteiger charge is -2.16. The van der Waals surface area contributed by atoms with Crippen LogP contribution in [-0.2, 0) is 9.53 Å². The highest BCUT2D eigenvalue weighted by Gasteiger charge is 2.14. The number of hydrogen-bond donors (Lipinski definition) is 0. The summed E-state index contributed by atoms with van der Waals surface area (Å²) in [6.07, 6.45) is 4.78. The summed E-state index contributed by atoms with van der Waals surface area (Å²) in [6.45, 7) is 1.84. The number of nitrogens with zero attached hydrogens (tertiary/aromatic N) is 2. The number of ether oxygens (including phenoxy) is 1. The highest BCUT2D eigenvalue weighted by Crippen LogP contribution is 2.19. The molecule has 1 aromatic heterocycles. The van der Waals surface area contributed by atoms with E-state index in [-0.39, 0.29) is 5.56 Å². The van der Waals surface area contributed by atoms with Crippen LogP contribution in [0.2, 0.25) is 0 Å². The van der Waals surface area contributed by atoms with Crippen molar-refractivity contribution >= 4 is 17.9 Å². The standard InChI is InChI=1S/C13H15FN2O2/c1-18-12(17)7-5-10-4-6-11(15-13(10)14)16-8-2-3-9-16/h4-7H,2-3,8-9H2,1H3. The Bertz CT molecular complexity index is 468. The van der Waals surface area contributed by atoms with E-state index < -0.39 is 11.9 Å². The summed E-state index contributed by atoms with van der Waals surface area (Å²) in [6, 6.07) is 3.39. The van der Waals surface area contributed by atoms with Gasteiger partial charge < -0.3 is 9.64 Å². The quantitative estimate of drug-likeness (QED) is 0.467. The molecule has 0 aromatic carbocycles. The largest absolute Gasteiger partial charge is 0.466 e. The van der Waals surface area contributed by atoms with E-state index in [0.29, 0.717) is 5.82 Å². The minimum Gasteiger partial charge on any atom is -0.466 e. The third kappa shape index (κ3) is 2.85. The molecule has 2 rings (SSSR count). The first-order valence-corrected chi connectivity index (χ1v) is 5.88. The van der Waals surface area contributed by atoms with Gasteiger partial charge in [-0.05, 0) is 31.1 Å². The van der Waals surface area contributed by atoms with Crippen molar-refractivity contribution in [3.63, 3.8) is 0 Å². The maximum absolute atomic E-state index is 13.7. The number of aromatic nitrogens is 1. The Hall–Kier alpha value is -1.91. The fourth-order valence-electron chi connectivity index (χ4n) is 1.91. The molecule has 0 radical (unpaired) electrons. The van der Waals surface area contributed by atoms with Gasteiger partial charge in [0.1, 0.15) is 5.82 Å². The minimum absolute atomic E-state index is 0.281. The number of esters is 1. The molecule has 0 unspecified atom stereocenters. The minimum atomic E-state index is -0.570. The second-order valence-electron chi connectivity index (χ2n) is 4.10. The Labute approximate surface area is 105 Å². The Kier molecular flexibility index (Phi) is 3.92. The van der Waals surface area contributed by atoms with Gasteiger partial charge >= 0.3 is 5.97 Å². The van der Waals surface area contributed by atoms with Gasteiger partial charge in [-0.2, -0.15) is 4.39 Å². The maximum atomic E-state index is 13.7. The van der Waals surface area contributed by atoms with Gasteiger partial charge in [0.05, 0.1) is 7.11 Å². The van der Waals surface area contributed by atoms with Crippen LogP contribution < -0.4 is 4.90 Å². The predicted molar refractivity (Wildman–Crippen MR) is 66.7 cm³/mol. The zero-order chi connectivity index (χ0) is 13.0. The van der Waals surface area contributed by atoms with Gasteiger partial charge in [-0.25, -0.2) is 9.78 Å². The number of rotatable bonds is 3. The first-order chi connectivity index (χ1) is 8.70. The molecule has 0 amide bonds. The first kappa shape index (κ1) is 12.5. The van der Waals surface area contributed by atoms with Crippen LogP contribution in [0.15, 0.2) is 18.2 Å². The van der Waals surface area contributed by atoms with Crippen molar-refractivity contribution < 1.29 is 13.9 Å². The molecular weight excluding hydrogens is 235 g/mol. The number of methoxy groups -OCH3 is 1. The van der Waals surface area contributed by atoms with Crippen LogP contribution in [0.5, 0.6) is 0 Å². The Balaban J connectivity index is 2.14. The number of carbonyl (C=O) groups is 1. The number of hydrogen-bond acceptors (Lipinski definition) is 4. The summed E-state index contributed by atoms with van der Waals surface area (Å²) >= 11 is 0. The molecule has 1 fully saturated rings. The third-order valence-corrected chi connectivity index (χ3v) is 2.89. The highest BCUT2D eigenvalue weighted by atomic mass is 19.1. The molecule has 0 atom stereocenters. The normalized spacial score (nSPS) is 15.3. The van der Waals surface area contributed by atoms with Crippen LogP contribution in [0.25, 0.3) is 6.08 Å². The van der Waals surface area contributed by atoms with Gasteiger partial charge in [0.25, 0.3) is 0 Å². The predicted octanol–water partition coefficient (Wildman–Crippen LogP) is 2.01. The third-order valence-electron chi connectivity index (χ3n) is 2.89. The Morgan fingerprint density at radius 2 is 2.17 bits per heavy atom.